The first-order valence-corrected chi connectivity index (χ1v) is 11.4. The second-order valence-electron chi connectivity index (χ2n) is 9.50. The number of nitrogens with one attached hydrogen (secondary N) is 1. The zero-order valence-corrected chi connectivity index (χ0v) is 20.7. The molecule has 1 atom stereocenters. The van der Waals surface area contributed by atoms with E-state index in [-0.39, 0.29) is 30.4 Å². The summed E-state index contributed by atoms with van der Waals surface area (Å²) in [5.41, 5.74) is 1.80. The maximum absolute atomic E-state index is 13.2. The van der Waals surface area contributed by atoms with Crippen molar-refractivity contribution in [2.45, 2.75) is 59.5 Å². The fourth-order valence-corrected chi connectivity index (χ4v) is 3.38. The number of amides is 2. The molecular weight excluding hydrogens is 424 g/mol. The zero-order valence-electron chi connectivity index (χ0n) is 19.9. The van der Waals surface area contributed by atoms with Gasteiger partial charge in [0, 0.05) is 18.1 Å². The first kappa shape index (κ1) is 25.7. The fraction of sp³-hybridized carbons (Fsp3) is 0.462. The van der Waals surface area contributed by atoms with Crippen LogP contribution >= 0.6 is 11.6 Å². The smallest absolute Gasteiger partial charge is 0.261 e. The van der Waals surface area contributed by atoms with Crippen molar-refractivity contribution in [3.63, 3.8) is 0 Å². The van der Waals surface area contributed by atoms with E-state index in [4.69, 9.17) is 16.3 Å². The molecule has 0 fully saturated rings. The third-order valence-corrected chi connectivity index (χ3v) is 5.42. The molecule has 0 heterocycles. The summed E-state index contributed by atoms with van der Waals surface area (Å²) in [6, 6.07) is 14.4. The molecule has 0 spiro atoms. The number of carbonyl (C=O) groups is 2. The van der Waals surface area contributed by atoms with E-state index in [2.05, 4.69) is 26.1 Å². The van der Waals surface area contributed by atoms with E-state index in [0.717, 1.165) is 11.1 Å². The lowest BCUT2D eigenvalue weighted by Crippen LogP contribution is -2.49. The fourth-order valence-electron chi connectivity index (χ4n) is 3.26. The SMILES string of the molecule is CC(C)CNC(=O)[C@H](C)N(Cc1ccc(Cl)cc1)C(=O)COc1ccccc1C(C)(C)C. The van der Waals surface area contributed by atoms with Gasteiger partial charge in [-0.3, -0.25) is 9.59 Å². The van der Waals surface area contributed by atoms with Crippen molar-refractivity contribution in [1.82, 2.24) is 10.2 Å². The molecule has 32 heavy (non-hydrogen) atoms. The molecule has 0 saturated carbocycles. The zero-order chi connectivity index (χ0) is 23.9. The Bertz CT molecular complexity index is 904. The second kappa shape index (κ2) is 11.4. The number of ether oxygens (including phenoxy) is 1. The highest BCUT2D eigenvalue weighted by molar-refractivity contribution is 6.30. The normalized spacial score (nSPS) is 12.4. The van der Waals surface area contributed by atoms with Gasteiger partial charge in [0.1, 0.15) is 11.8 Å². The summed E-state index contributed by atoms with van der Waals surface area (Å²) in [5.74, 6) is 0.562. The monoisotopic (exact) mass is 458 g/mol. The molecule has 0 radical (unpaired) electrons. The van der Waals surface area contributed by atoms with Crippen LogP contribution in [-0.2, 0) is 21.5 Å². The summed E-state index contributed by atoms with van der Waals surface area (Å²) in [7, 11) is 0. The van der Waals surface area contributed by atoms with Gasteiger partial charge in [-0.05, 0) is 47.6 Å². The van der Waals surface area contributed by atoms with Crippen LogP contribution in [0.2, 0.25) is 5.02 Å². The lowest BCUT2D eigenvalue weighted by Gasteiger charge is -2.29. The maximum atomic E-state index is 13.2. The average Bonchev–Trinajstić information content (AvgIpc) is 2.74. The van der Waals surface area contributed by atoms with Crippen LogP contribution in [0.5, 0.6) is 5.75 Å². The Morgan fingerprint density at radius 1 is 1.03 bits per heavy atom. The maximum Gasteiger partial charge on any atom is 0.261 e. The highest BCUT2D eigenvalue weighted by Gasteiger charge is 2.27. The first-order valence-electron chi connectivity index (χ1n) is 11.0. The van der Waals surface area contributed by atoms with E-state index in [1.54, 1.807) is 24.0 Å². The number of benzene rings is 2. The molecule has 0 aromatic heterocycles. The van der Waals surface area contributed by atoms with Crippen LogP contribution in [0.4, 0.5) is 0 Å². The Hall–Kier alpha value is -2.53. The van der Waals surface area contributed by atoms with Crippen LogP contribution in [-0.4, -0.2) is 35.9 Å². The van der Waals surface area contributed by atoms with Gasteiger partial charge in [0.05, 0.1) is 0 Å². The molecule has 0 aliphatic rings. The summed E-state index contributed by atoms with van der Waals surface area (Å²) in [5, 5.41) is 3.54. The molecule has 2 amide bonds. The Morgan fingerprint density at radius 2 is 1.66 bits per heavy atom. The number of hydrogen-bond acceptors (Lipinski definition) is 3. The molecule has 2 aromatic carbocycles. The minimum absolute atomic E-state index is 0.118. The number of halogens is 1. The van der Waals surface area contributed by atoms with Crippen LogP contribution in [0.1, 0.15) is 52.7 Å². The predicted octanol–water partition coefficient (Wildman–Crippen LogP) is 5.21. The van der Waals surface area contributed by atoms with Crippen molar-refractivity contribution in [2.75, 3.05) is 13.2 Å². The summed E-state index contributed by atoms with van der Waals surface area (Å²) in [6.07, 6.45) is 0. The number of rotatable bonds is 9. The predicted molar refractivity (Wildman–Crippen MR) is 130 cm³/mol. The van der Waals surface area contributed by atoms with Crippen LogP contribution < -0.4 is 10.1 Å². The van der Waals surface area contributed by atoms with Crippen LogP contribution in [0.15, 0.2) is 48.5 Å². The number of nitrogens with zero attached hydrogens (tertiary/aromatic N) is 1. The lowest BCUT2D eigenvalue weighted by atomic mass is 9.86. The molecular formula is C26H35ClN2O3. The van der Waals surface area contributed by atoms with E-state index in [1.807, 2.05) is 50.2 Å². The largest absolute Gasteiger partial charge is 0.483 e. The molecule has 2 rings (SSSR count). The molecule has 0 unspecified atom stereocenters. The Labute approximate surface area is 197 Å². The van der Waals surface area contributed by atoms with E-state index in [1.165, 1.54) is 0 Å². The van der Waals surface area contributed by atoms with Gasteiger partial charge in [-0.25, -0.2) is 0 Å². The second-order valence-corrected chi connectivity index (χ2v) is 9.93. The highest BCUT2D eigenvalue weighted by Crippen LogP contribution is 2.31. The molecule has 5 nitrogen and oxygen atoms in total. The minimum Gasteiger partial charge on any atom is -0.483 e. The Balaban J connectivity index is 2.20. The molecule has 0 saturated heterocycles. The van der Waals surface area contributed by atoms with Crippen LogP contribution in [0.3, 0.4) is 0 Å². The lowest BCUT2D eigenvalue weighted by molar-refractivity contribution is -0.142. The van der Waals surface area contributed by atoms with Gasteiger partial charge < -0.3 is 15.0 Å². The third kappa shape index (κ3) is 7.56. The van der Waals surface area contributed by atoms with Gasteiger partial charge in [0.25, 0.3) is 5.91 Å². The van der Waals surface area contributed by atoms with Crippen molar-refractivity contribution >= 4 is 23.4 Å². The van der Waals surface area contributed by atoms with Crippen molar-refractivity contribution in [3.05, 3.63) is 64.7 Å². The Kier molecular flexibility index (Phi) is 9.14. The molecule has 174 valence electrons. The van der Waals surface area contributed by atoms with Crippen molar-refractivity contribution in [3.8, 4) is 5.75 Å². The minimum atomic E-state index is -0.640. The molecule has 2 aromatic rings. The van der Waals surface area contributed by atoms with Crippen molar-refractivity contribution in [2.24, 2.45) is 5.92 Å². The van der Waals surface area contributed by atoms with Crippen LogP contribution in [0.25, 0.3) is 0 Å². The quantitative estimate of drug-likeness (QED) is 0.561. The Morgan fingerprint density at radius 3 is 2.25 bits per heavy atom. The van der Waals surface area contributed by atoms with E-state index in [9.17, 15) is 9.59 Å². The number of hydrogen-bond donors (Lipinski definition) is 1. The molecule has 0 aliphatic heterocycles. The summed E-state index contributed by atoms with van der Waals surface area (Å²) >= 11 is 6.00. The third-order valence-electron chi connectivity index (χ3n) is 5.16. The summed E-state index contributed by atoms with van der Waals surface area (Å²) in [6.45, 7) is 12.8. The number of carbonyl (C=O) groups excluding carboxylic acids is 2. The molecule has 0 aliphatic carbocycles. The van der Waals surface area contributed by atoms with E-state index in [0.29, 0.717) is 23.2 Å². The van der Waals surface area contributed by atoms with Gasteiger partial charge in [-0.15, -0.1) is 0 Å². The van der Waals surface area contributed by atoms with Gasteiger partial charge in [-0.2, -0.15) is 0 Å². The first-order chi connectivity index (χ1) is 15.0. The molecule has 0 bridgehead atoms. The van der Waals surface area contributed by atoms with Crippen molar-refractivity contribution < 1.29 is 14.3 Å². The summed E-state index contributed by atoms with van der Waals surface area (Å²) < 4.78 is 5.95. The highest BCUT2D eigenvalue weighted by atomic mass is 35.5. The van der Waals surface area contributed by atoms with E-state index < -0.39 is 6.04 Å². The standard InChI is InChI=1S/C26H35ClN2O3/c1-18(2)15-28-25(31)19(3)29(16-20-11-13-21(27)14-12-20)24(30)17-32-23-10-8-7-9-22(23)26(4,5)6/h7-14,18-19H,15-17H2,1-6H3,(H,28,31)/t19-/m0/s1. The van der Waals surface area contributed by atoms with Crippen LogP contribution in [0, 0.1) is 5.92 Å². The van der Waals surface area contributed by atoms with Gasteiger partial charge >= 0.3 is 0 Å². The van der Waals surface area contributed by atoms with Gasteiger partial charge in [-0.1, -0.05) is 76.6 Å². The molecule has 1 N–H and O–H groups in total. The molecule has 6 heteroatoms. The topological polar surface area (TPSA) is 58.6 Å². The van der Waals surface area contributed by atoms with Gasteiger partial charge in [0.15, 0.2) is 6.61 Å². The van der Waals surface area contributed by atoms with Gasteiger partial charge in [0.2, 0.25) is 5.91 Å². The average molecular weight is 459 g/mol. The summed E-state index contributed by atoms with van der Waals surface area (Å²) in [4.78, 5) is 27.5. The number of para-hydroxylation sites is 1. The van der Waals surface area contributed by atoms with E-state index >= 15 is 0 Å². The van der Waals surface area contributed by atoms with Crippen molar-refractivity contribution in [1.29, 1.82) is 0 Å².